The molecule has 0 saturated carbocycles. The van der Waals surface area contributed by atoms with Crippen LogP contribution in [0.25, 0.3) is 11.0 Å². The van der Waals surface area contributed by atoms with E-state index in [2.05, 4.69) is 9.97 Å². The molecule has 1 heterocycles. The average Bonchev–Trinajstić information content (AvgIpc) is 2.77. The number of benzene rings is 1. The van der Waals surface area contributed by atoms with Crippen LogP contribution >= 0.6 is 11.8 Å². The van der Waals surface area contributed by atoms with Gasteiger partial charge < -0.3 is 14.8 Å². The third-order valence-electron chi connectivity index (χ3n) is 3.12. The van der Waals surface area contributed by atoms with Crippen molar-refractivity contribution in [2.75, 3.05) is 12.4 Å². The third kappa shape index (κ3) is 3.67. The summed E-state index contributed by atoms with van der Waals surface area (Å²) in [7, 11) is 0. The number of hydrogen-bond acceptors (Lipinski definition) is 4. The maximum atomic E-state index is 10.1. The second-order valence-corrected chi connectivity index (χ2v) is 6.86. The Morgan fingerprint density at radius 3 is 2.80 bits per heavy atom. The first-order chi connectivity index (χ1) is 9.40. The number of ether oxygens (including phenoxy) is 1. The fourth-order valence-electron chi connectivity index (χ4n) is 1.70. The van der Waals surface area contributed by atoms with Gasteiger partial charge in [0.15, 0.2) is 5.16 Å². The summed E-state index contributed by atoms with van der Waals surface area (Å²) in [6.45, 7) is 8.72. The quantitative estimate of drug-likeness (QED) is 0.829. The lowest BCUT2D eigenvalue weighted by molar-refractivity contribution is 0.0842. The number of nitrogens with zero attached hydrogens (tertiary/aromatic N) is 1. The largest absolute Gasteiger partial charge is 0.494 e. The summed E-state index contributed by atoms with van der Waals surface area (Å²) in [5.74, 6) is 1.47. The highest BCUT2D eigenvalue weighted by Gasteiger charge is 2.22. The van der Waals surface area contributed by atoms with Gasteiger partial charge in [0.25, 0.3) is 0 Å². The van der Waals surface area contributed by atoms with Crippen molar-refractivity contribution >= 4 is 22.8 Å². The minimum Gasteiger partial charge on any atom is -0.494 e. The monoisotopic (exact) mass is 294 g/mol. The molecule has 2 aromatic rings. The van der Waals surface area contributed by atoms with Crippen molar-refractivity contribution in [2.45, 2.75) is 39.0 Å². The van der Waals surface area contributed by atoms with Crippen molar-refractivity contribution in [3.8, 4) is 5.75 Å². The number of H-pyrrole nitrogens is 1. The van der Waals surface area contributed by atoms with Crippen molar-refractivity contribution in [2.24, 2.45) is 5.41 Å². The molecule has 0 aliphatic carbocycles. The summed E-state index contributed by atoms with van der Waals surface area (Å²) >= 11 is 1.54. The summed E-state index contributed by atoms with van der Waals surface area (Å²) < 4.78 is 5.47. The Hall–Kier alpha value is -1.20. The van der Waals surface area contributed by atoms with E-state index in [-0.39, 0.29) is 11.5 Å². The van der Waals surface area contributed by atoms with Gasteiger partial charge in [0.2, 0.25) is 0 Å². The second kappa shape index (κ2) is 6.06. The molecule has 2 rings (SSSR count). The van der Waals surface area contributed by atoms with Crippen molar-refractivity contribution in [3.63, 3.8) is 0 Å². The number of nitrogens with one attached hydrogen (secondary N) is 1. The normalized spacial score (nSPS) is 13.7. The highest BCUT2D eigenvalue weighted by Crippen LogP contribution is 2.27. The van der Waals surface area contributed by atoms with Gasteiger partial charge in [0, 0.05) is 11.8 Å². The van der Waals surface area contributed by atoms with Crippen LogP contribution < -0.4 is 4.74 Å². The fraction of sp³-hybridized carbons (Fsp3) is 0.533. The molecule has 0 radical (unpaired) electrons. The van der Waals surface area contributed by atoms with Gasteiger partial charge in [-0.15, -0.1) is 0 Å². The number of aliphatic hydroxyl groups is 1. The van der Waals surface area contributed by atoms with Gasteiger partial charge in [0.05, 0.1) is 23.7 Å². The zero-order valence-corrected chi connectivity index (χ0v) is 13.3. The first kappa shape index (κ1) is 15.2. The van der Waals surface area contributed by atoms with Crippen molar-refractivity contribution in [1.29, 1.82) is 0 Å². The Kier molecular flexibility index (Phi) is 4.60. The minimum absolute atomic E-state index is 0.110. The van der Waals surface area contributed by atoms with Crippen LogP contribution in [0.1, 0.15) is 27.7 Å². The van der Waals surface area contributed by atoms with Crippen LogP contribution in [-0.2, 0) is 0 Å². The lowest BCUT2D eigenvalue weighted by atomic mass is 9.90. The van der Waals surface area contributed by atoms with Gasteiger partial charge in [-0.05, 0) is 24.5 Å². The lowest BCUT2D eigenvalue weighted by Crippen LogP contribution is -2.28. The van der Waals surface area contributed by atoms with Crippen LogP contribution in [0.5, 0.6) is 5.75 Å². The number of aromatic amines is 1. The third-order valence-corrected chi connectivity index (χ3v) is 4.07. The summed E-state index contributed by atoms with van der Waals surface area (Å²) in [6.07, 6.45) is -0.361. The van der Waals surface area contributed by atoms with Crippen LogP contribution in [0.3, 0.4) is 0 Å². The first-order valence-electron chi connectivity index (χ1n) is 6.83. The molecule has 20 heavy (non-hydrogen) atoms. The van der Waals surface area contributed by atoms with Crippen LogP contribution in [0, 0.1) is 5.41 Å². The Morgan fingerprint density at radius 1 is 1.40 bits per heavy atom. The molecule has 0 aliphatic heterocycles. The predicted octanol–water partition coefficient (Wildman–Crippen LogP) is 3.46. The van der Waals surface area contributed by atoms with E-state index in [0.717, 1.165) is 21.9 Å². The Labute approximate surface area is 123 Å². The van der Waals surface area contributed by atoms with Crippen LogP contribution in [0.4, 0.5) is 0 Å². The van der Waals surface area contributed by atoms with Gasteiger partial charge >= 0.3 is 0 Å². The lowest BCUT2D eigenvalue weighted by Gasteiger charge is -2.24. The number of aliphatic hydroxyl groups excluding tert-OH is 1. The molecule has 110 valence electrons. The Morgan fingerprint density at radius 2 is 2.15 bits per heavy atom. The zero-order chi connectivity index (χ0) is 14.8. The standard InChI is InChI=1S/C15H22N2O2S/c1-5-19-10-6-7-11-12(8-10)17-14(16-11)20-9-13(18)15(2,3)4/h6-8,13,18H,5,9H2,1-4H3,(H,16,17)/t13-/m1/s1. The Bertz CT molecular complexity index is 575. The van der Waals surface area contributed by atoms with E-state index in [1.807, 2.05) is 45.9 Å². The number of aromatic nitrogens is 2. The van der Waals surface area contributed by atoms with E-state index in [9.17, 15) is 5.11 Å². The summed E-state index contributed by atoms with van der Waals surface area (Å²) in [5.41, 5.74) is 1.77. The smallest absolute Gasteiger partial charge is 0.166 e. The van der Waals surface area contributed by atoms with E-state index in [1.165, 1.54) is 0 Å². The van der Waals surface area contributed by atoms with Gasteiger partial charge in [-0.2, -0.15) is 0 Å². The van der Waals surface area contributed by atoms with Gasteiger partial charge in [-0.3, -0.25) is 0 Å². The molecule has 1 atom stereocenters. The molecular weight excluding hydrogens is 272 g/mol. The van der Waals surface area contributed by atoms with E-state index >= 15 is 0 Å². The number of hydrogen-bond donors (Lipinski definition) is 2. The fourth-order valence-corrected chi connectivity index (χ4v) is 2.86. The Balaban J connectivity index is 2.08. The highest BCUT2D eigenvalue weighted by molar-refractivity contribution is 7.99. The molecule has 0 unspecified atom stereocenters. The SMILES string of the molecule is CCOc1ccc2nc(SC[C@@H](O)C(C)(C)C)[nH]c2c1. The number of fused-ring (bicyclic) bond motifs is 1. The topological polar surface area (TPSA) is 58.1 Å². The molecule has 0 amide bonds. The minimum atomic E-state index is -0.361. The van der Waals surface area contributed by atoms with Crippen molar-refractivity contribution < 1.29 is 9.84 Å². The predicted molar refractivity (Wildman–Crippen MR) is 83.4 cm³/mol. The molecule has 5 heteroatoms. The van der Waals surface area contributed by atoms with E-state index in [1.54, 1.807) is 11.8 Å². The summed E-state index contributed by atoms with van der Waals surface area (Å²) in [6, 6.07) is 5.82. The van der Waals surface area contributed by atoms with Crippen molar-refractivity contribution in [1.82, 2.24) is 9.97 Å². The molecule has 1 aromatic carbocycles. The number of rotatable bonds is 5. The first-order valence-corrected chi connectivity index (χ1v) is 7.82. The molecule has 0 fully saturated rings. The molecule has 4 nitrogen and oxygen atoms in total. The van der Waals surface area contributed by atoms with Crippen LogP contribution in [0.15, 0.2) is 23.4 Å². The van der Waals surface area contributed by atoms with E-state index in [0.29, 0.717) is 12.4 Å². The van der Waals surface area contributed by atoms with Gasteiger partial charge in [0.1, 0.15) is 5.75 Å². The second-order valence-electron chi connectivity index (χ2n) is 5.85. The van der Waals surface area contributed by atoms with E-state index < -0.39 is 0 Å². The molecule has 0 spiro atoms. The number of imidazole rings is 1. The average molecular weight is 294 g/mol. The summed E-state index contributed by atoms with van der Waals surface area (Å²) in [4.78, 5) is 7.77. The molecule has 0 bridgehead atoms. The molecular formula is C15H22N2O2S. The molecule has 1 aromatic heterocycles. The summed E-state index contributed by atoms with van der Waals surface area (Å²) in [5, 5.41) is 10.9. The van der Waals surface area contributed by atoms with Crippen molar-refractivity contribution in [3.05, 3.63) is 18.2 Å². The molecule has 0 saturated heterocycles. The maximum absolute atomic E-state index is 10.1. The molecule has 0 aliphatic rings. The van der Waals surface area contributed by atoms with Gasteiger partial charge in [-0.25, -0.2) is 4.98 Å². The van der Waals surface area contributed by atoms with Crippen LogP contribution in [-0.4, -0.2) is 33.5 Å². The van der Waals surface area contributed by atoms with Gasteiger partial charge in [-0.1, -0.05) is 32.5 Å². The van der Waals surface area contributed by atoms with E-state index in [4.69, 9.17) is 4.74 Å². The van der Waals surface area contributed by atoms with Crippen LogP contribution in [0.2, 0.25) is 0 Å². The number of thioether (sulfide) groups is 1. The highest BCUT2D eigenvalue weighted by atomic mass is 32.2. The molecule has 2 N–H and O–H groups in total. The zero-order valence-electron chi connectivity index (χ0n) is 12.4. The maximum Gasteiger partial charge on any atom is 0.166 e.